The summed E-state index contributed by atoms with van der Waals surface area (Å²) >= 11 is 0. The van der Waals surface area contributed by atoms with Gasteiger partial charge in [-0.3, -0.25) is 0 Å². The Bertz CT molecular complexity index is 1880. The second-order valence-electron chi connectivity index (χ2n) is 11.6. The minimum Gasteiger partial charge on any atom is -0.361 e. The lowest BCUT2D eigenvalue weighted by Crippen LogP contribution is -2.15. The molecule has 1 heterocycles. The molecule has 1 nitrogen and oxygen atoms in total. The van der Waals surface area contributed by atoms with E-state index in [1.54, 1.807) is 0 Å². The van der Waals surface area contributed by atoms with Crippen LogP contribution in [-0.4, -0.2) is 0 Å². The Morgan fingerprint density at radius 1 is 0.537 bits per heavy atom. The second-order valence-corrected chi connectivity index (χ2v) is 11.6. The van der Waals surface area contributed by atoms with Crippen molar-refractivity contribution in [1.82, 2.24) is 0 Å². The first-order chi connectivity index (χ1) is 20.0. The van der Waals surface area contributed by atoms with Crippen molar-refractivity contribution in [3.05, 3.63) is 161 Å². The van der Waals surface area contributed by atoms with E-state index < -0.39 is 0 Å². The number of fused-ring (bicyclic) bond motifs is 5. The maximum Gasteiger partial charge on any atom is 0.0460 e. The molecule has 5 aromatic rings. The molecular formula is C40H33N. The summed E-state index contributed by atoms with van der Waals surface area (Å²) in [5, 5.41) is 3.65. The SMILES string of the molecule is Cc1ccc(-c2cccc(-c3ccc4c(c3)-c3ccccc3/C=C\C3=C(/C=C/N4)c4ccccc4C3(C)C)c2)cc1. The molecule has 2 aliphatic rings. The van der Waals surface area contributed by atoms with Crippen molar-refractivity contribution >= 4 is 17.3 Å². The minimum atomic E-state index is -0.0712. The molecule has 0 amide bonds. The number of benzene rings is 5. The van der Waals surface area contributed by atoms with Crippen LogP contribution in [0.1, 0.15) is 36.1 Å². The smallest absolute Gasteiger partial charge is 0.0460 e. The van der Waals surface area contributed by atoms with E-state index in [4.69, 9.17) is 0 Å². The van der Waals surface area contributed by atoms with E-state index >= 15 is 0 Å². The lowest BCUT2D eigenvalue weighted by Gasteiger charge is -2.22. The fourth-order valence-electron chi connectivity index (χ4n) is 6.34. The van der Waals surface area contributed by atoms with Gasteiger partial charge in [-0.05, 0) is 86.9 Å². The predicted octanol–water partition coefficient (Wildman–Crippen LogP) is 10.7. The van der Waals surface area contributed by atoms with Crippen molar-refractivity contribution in [1.29, 1.82) is 0 Å². The third kappa shape index (κ3) is 4.44. The quantitative estimate of drug-likeness (QED) is 0.241. The topological polar surface area (TPSA) is 12.0 Å². The van der Waals surface area contributed by atoms with Gasteiger partial charge in [0.25, 0.3) is 0 Å². The lowest BCUT2D eigenvalue weighted by molar-refractivity contribution is 0.655. The molecule has 0 spiro atoms. The van der Waals surface area contributed by atoms with Crippen molar-refractivity contribution in [3.8, 4) is 33.4 Å². The van der Waals surface area contributed by atoms with Crippen LogP contribution in [0.5, 0.6) is 0 Å². The highest BCUT2D eigenvalue weighted by molar-refractivity contribution is 5.92. The molecule has 7 rings (SSSR count). The van der Waals surface area contributed by atoms with Gasteiger partial charge in [0.05, 0.1) is 0 Å². The van der Waals surface area contributed by atoms with Crippen LogP contribution in [0.25, 0.3) is 45.0 Å². The first kappa shape index (κ1) is 25.1. The fraction of sp³-hybridized carbons (Fsp3) is 0.100. The number of hydrogen-bond acceptors (Lipinski definition) is 1. The minimum absolute atomic E-state index is 0.0712. The molecule has 198 valence electrons. The Morgan fingerprint density at radius 2 is 1.22 bits per heavy atom. The molecule has 0 saturated heterocycles. The summed E-state index contributed by atoms with van der Waals surface area (Å²) in [7, 11) is 0. The second kappa shape index (κ2) is 9.94. The zero-order valence-corrected chi connectivity index (χ0v) is 23.8. The molecule has 0 aromatic heterocycles. The van der Waals surface area contributed by atoms with Gasteiger partial charge in [0.15, 0.2) is 0 Å². The lowest BCUT2D eigenvalue weighted by atomic mass is 9.80. The molecule has 1 aliphatic carbocycles. The summed E-state index contributed by atoms with van der Waals surface area (Å²) in [6, 6.07) is 41.9. The summed E-state index contributed by atoms with van der Waals surface area (Å²) in [5.74, 6) is 0. The summed E-state index contributed by atoms with van der Waals surface area (Å²) in [4.78, 5) is 0. The summed E-state index contributed by atoms with van der Waals surface area (Å²) in [6.45, 7) is 6.79. The molecule has 0 saturated carbocycles. The van der Waals surface area contributed by atoms with Gasteiger partial charge in [0, 0.05) is 22.9 Å². The molecule has 1 N–H and O–H groups in total. The molecule has 0 unspecified atom stereocenters. The monoisotopic (exact) mass is 527 g/mol. The van der Waals surface area contributed by atoms with E-state index in [-0.39, 0.29) is 5.41 Å². The molecular weight excluding hydrogens is 494 g/mol. The number of aryl methyl sites for hydroxylation is 1. The number of anilines is 1. The average Bonchev–Trinajstić information content (AvgIpc) is 3.20. The number of allylic oxidation sites excluding steroid dienone is 4. The van der Waals surface area contributed by atoms with Gasteiger partial charge >= 0.3 is 0 Å². The highest BCUT2D eigenvalue weighted by atomic mass is 14.8. The Hall–Kier alpha value is -4.88. The largest absolute Gasteiger partial charge is 0.361 e. The van der Waals surface area contributed by atoms with Crippen molar-refractivity contribution in [2.75, 3.05) is 5.32 Å². The highest BCUT2D eigenvalue weighted by Gasteiger charge is 2.35. The molecule has 1 heteroatoms. The maximum atomic E-state index is 3.65. The standard InChI is InChI=1S/C40H33N/c1-27-15-17-28(18-16-27)30-10-8-11-31(25-30)32-20-22-39-36(26-32)33-12-5-4-9-29(33)19-21-38-35(23-24-41-39)34-13-6-7-14-37(34)40(38,2)3/h4-26,41H,1-3H3/b21-19-,24-23+. The number of rotatable bonds is 2. The summed E-state index contributed by atoms with van der Waals surface area (Å²) < 4.78 is 0. The van der Waals surface area contributed by atoms with Gasteiger partial charge in [-0.1, -0.05) is 129 Å². The maximum absolute atomic E-state index is 3.65. The van der Waals surface area contributed by atoms with Crippen LogP contribution in [0.4, 0.5) is 5.69 Å². The normalized spacial score (nSPS) is 16.4. The molecule has 0 atom stereocenters. The number of hydrogen-bond donors (Lipinski definition) is 1. The van der Waals surface area contributed by atoms with Crippen LogP contribution < -0.4 is 5.32 Å². The van der Waals surface area contributed by atoms with E-state index in [1.807, 2.05) is 0 Å². The van der Waals surface area contributed by atoms with Gasteiger partial charge in [-0.2, -0.15) is 0 Å². The zero-order valence-electron chi connectivity index (χ0n) is 23.8. The molecule has 5 aromatic carbocycles. The third-order valence-corrected chi connectivity index (χ3v) is 8.62. The predicted molar refractivity (Wildman–Crippen MR) is 176 cm³/mol. The molecule has 1 aliphatic heterocycles. The van der Waals surface area contributed by atoms with Crippen molar-refractivity contribution in [3.63, 3.8) is 0 Å². The Kier molecular flexibility index (Phi) is 6.09. The van der Waals surface area contributed by atoms with Gasteiger partial charge in [-0.15, -0.1) is 0 Å². The first-order valence-corrected chi connectivity index (χ1v) is 14.4. The van der Waals surface area contributed by atoms with E-state index in [1.165, 1.54) is 66.8 Å². The molecule has 0 radical (unpaired) electrons. The average molecular weight is 528 g/mol. The van der Waals surface area contributed by atoms with E-state index in [0.29, 0.717) is 0 Å². The first-order valence-electron chi connectivity index (χ1n) is 14.4. The summed E-state index contributed by atoms with van der Waals surface area (Å²) in [6.07, 6.45) is 8.97. The highest BCUT2D eigenvalue weighted by Crippen LogP contribution is 2.48. The van der Waals surface area contributed by atoms with Crippen LogP contribution >= 0.6 is 0 Å². The van der Waals surface area contributed by atoms with Crippen LogP contribution in [0.2, 0.25) is 0 Å². The van der Waals surface area contributed by atoms with Crippen LogP contribution in [0, 0.1) is 6.92 Å². The van der Waals surface area contributed by atoms with Crippen molar-refractivity contribution in [2.24, 2.45) is 0 Å². The summed E-state index contributed by atoms with van der Waals surface area (Å²) in [5.41, 5.74) is 16.1. The molecule has 41 heavy (non-hydrogen) atoms. The Morgan fingerprint density at radius 3 is 2.05 bits per heavy atom. The van der Waals surface area contributed by atoms with Crippen molar-refractivity contribution in [2.45, 2.75) is 26.2 Å². The molecule has 0 fully saturated rings. The van der Waals surface area contributed by atoms with Crippen LogP contribution in [0.15, 0.2) is 139 Å². The van der Waals surface area contributed by atoms with E-state index in [0.717, 1.165) is 5.69 Å². The van der Waals surface area contributed by atoms with Crippen molar-refractivity contribution < 1.29 is 0 Å². The Labute approximate surface area is 243 Å². The van der Waals surface area contributed by atoms with Crippen LogP contribution in [0.3, 0.4) is 0 Å². The van der Waals surface area contributed by atoms with Gasteiger partial charge in [0.1, 0.15) is 0 Å². The van der Waals surface area contributed by atoms with Gasteiger partial charge in [0.2, 0.25) is 0 Å². The third-order valence-electron chi connectivity index (χ3n) is 8.62. The fourth-order valence-corrected chi connectivity index (χ4v) is 6.34. The van der Waals surface area contributed by atoms with Crippen LogP contribution in [-0.2, 0) is 5.41 Å². The zero-order chi connectivity index (χ0) is 28.0. The van der Waals surface area contributed by atoms with Gasteiger partial charge < -0.3 is 5.32 Å². The Balaban J connectivity index is 1.35. The number of nitrogens with one attached hydrogen (secondary N) is 1. The van der Waals surface area contributed by atoms with E-state index in [2.05, 4.69) is 166 Å². The van der Waals surface area contributed by atoms with E-state index in [9.17, 15) is 0 Å². The molecule has 0 bridgehead atoms. The van der Waals surface area contributed by atoms with Gasteiger partial charge in [-0.25, -0.2) is 0 Å².